The summed E-state index contributed by atoms with van der Waals surface area (Å²) in [5.41, 5.74) is 7.96. The molecule has 0 aliphatic rings. The Labute approximate surface area is 176 Å². The van der Waals surface area contributed by atoms with Gasteiger partial charge in [-0.2, -0.15) is 0 Å². The van der Waals surface area contributed by atoms with E-state index in [0.29, 0.717) is 17.2 Å². The van der Waals surface area contributed by atoms with E-state index in [-0.39, 0.29) is 12.3 Å². The normalized spacial score (nSPS) is 11.4. The van der Waals surface area contributed by atoms with Gasteiger partial charge in [-0.05, 0) is 53.9 Å². The molecule has 154 valence electrons. The average Bonchev–Trinajstić information content (AvgIpc) is 2.74. The maximum Gasteiger partial charge on any atom is 0.312 e. The molecule has 3 aromatic rings. The van der Waals surface area contributed by atoms with Gasteiger partial charge in [-0.3, -0.25) is 4.79 Å². The second-order valence-electron chi connectivity index (χ2n) is 6.85. The van der Waals surface area contributed by atoms with Crippen molar-refractivity contribution in [2.45, 2.75) is 25.8 Å². The summed E-state index contributed by atoms with van der Waals surface area (Å²) in [6.07, 6.45) is 0.966. The highest BCUT2D eigenvalue weighted by Gasteiger charge is 2.18. The van der Waals surface area contributed by atoms with Gasteiger partial charge in [0.25, 0.3) is 0 Å². The molecule has 1 atom stereocenters. The Bertz CT molecular complexity index is 988. The Morgan fingerprint density at radius 3 is 2.30 bits per heavy atom. The maximum atomic E-state index is 12.6. The lowest BCUT2D eigenvalue weighted by atomic mass is 10.0. The van der Waals surface area contributed by atoms with Gasteiger partial charge in [-0.15, -0.1) is 0 Å². The highest BCUT2D eigenvalue weighted by molar-refractivity contribution is 5.91. The molecular formula is C24H25N3O3. The van der Waals surface area contributed by atoms with Crippen LogP contribution in [0.15, 0.2) is 78.9 Å². The Kier molecular flexibility index (Phi) is 7.05. The topological polar surface area (TPSA) is 93.5 Å². The Hall–Kier alpha value is -3.80. The van der Waals surface area contributed by atoms with Crippen LogP contribution in [0.3, 0.4) is 0 Å². The molecule has 0 fully saturated rings. The molecule has 30 heavy (non-hydrogen) atoms. The van der Waals surface area contributed by atoms with Crippen LogP contribution in [-0.4, -0.2) is 11.9 Å². The second-order valence-corrected chi connectivity index (χ2v) is 6.85. The number of aryl methyl sites for hydroxylation is 1. The minimum absolute atomic E-state index is 0.0350. The molecule has 0 aliphatic carbocycles. The number of benzene rings is 3. The molecule has 0 aromatic heterocycles. The number of urea groups is 1. The zero-order chi connectivity index (χ0) is 21.3. The van der Waals surface area contributed by atoms with E-state index in [2.05, 4.69) is 17.6 Å². The second kappa shape index (κ2) is 10.1. The molecule has 0 aliphatic heterocycles. The molecule has 0 heterocycles. The quantitative estimate of drug-likeness (QED) is 0.505. The molecule has 0 saturated heterocycles. The molecule has 0 spiro atoms. The van der Waals surface area contributed by atoms with E-state index in [4.69, 9.17) is 10.5 Å². The third-order valence-corrected chi connectivity index (χ3v) is 4.59. The van der Waals surface area contributed by atoms with Crippen molar-refractivity contribution in [2.75, 3.05) is 5.32 Å². The highest BCUT2D eigenvalue weighted by atomic mass is 16.5. The van der Waals surface area contributed by atoms with Gasteiger partial charge < -0.3 is 21.1 Å². The van der Waals surface area contributed by atoms with Crippen LogP contribution >= 0.6 is 0 Å². The fraction of sp³-hybridized carbons (Fsp3) is 0.167. The van der Waals surface area contributed by atoms with E-state index in [9.17, 15) is 9.59 Å². The molecule has 1 unspecified atom stereocenters. The fourth-order valence-corrected chi connectivity index (χ4v) is 3.06. The predicted octanol–water partition coefficient (Wildman–Crippen LogP) is 4.78. The lowest BCUT2D eigenvalue weighted by Crippen LogP contribution is -2.35. The summed E-state index contributed by atoms with van der Waals surface area (Å²) in [5, 5.41) is 5.50. The van der Waals surface area contributed by atoms with Crippen LogP contribution in [0, 0.1) is 0 Å². The molecule has 0 radical (unpaired) electrons. The van der Waals surface area contributed by atoms with Crippen molar-refractivity contribution < 1.29 is 14.3 Å². The summed E-state index contributed by atoms with van der Waals surface area (Å²) in [6.45, 7) is 2.07. The predicted molar refractivity (Wildman–Crippen MR) is 117 cm³/mol. The zero-order valence-corrected chi connectivity index (χ0v) is 16.8. The highest BCUT2D eigenvalue weighted by Crippen LogP contribution is 2.26. The molecule has 0 saturated carbocycles. The van der Waals surface area contributed by atoms with Gasteiger partial charge >= 0.3 is 6.03 Å². The van der Waals surface area contributed by atoms with Crippen molar-refractivity contribution in [3.8, 4) is 11.5 Å². The number of amides is 3. The summed E-state index contributed by atoms with van der Waals surface area (Å²) in [4.78, 5) is 24.1. The molecular weight excluding hydrogens is 378 g/mol. The number of nitrogens with one attached hydrogen (secondary N) is 2. The van der Waals surface area contributed by atoms with Gasteiger partial charge in [-0.25, -0.2) is 4.79 Å². The standard InChI is InChI=1S/C24H25N3O3/c1-2-17-11-13-19(14-12-17)26-23(28)16-22(27-24(25)29)18-7-6-10-21(15-18)30-20-8-4-3-5-9-20/h3-15,22H,2,16H2,1H3,(H,26,28)(H3,25,27,29). The average molecular weight is 403 g/mol. The van der Waals surface area contributed by atoms with Crippen LogP contribution in [-0.2, 0) is 11.2 Å². The van der Waals surface area contributed by atoms with Crippen molar-refractivity contribution in [3.63, 3.8) is 0 Å². The molecule has 4 N–H and O–H groups in total. The number of hydrogen-bond acceptors (Lipinski definition) is 3. The first-order chi connectivity index (χ1) is 14.5. The van der Waals surface area contributed by atoms with Crippen LogP contribution < -0.4 is 21.1 Å². The van der Waals surface area contributed by atoms with E-state index in [1.165, 1.54) is 5.56 Å². The minimum atomic E-state index is -0.700. The molecule has 3 rings (SSSR count). The van der Waals surface area contributed by atoms with Gasteiger partial charge in [0, 0.05) is 5.69 Å². The van der Waals surface area contributed by atoms with E-state index >= 15 is 0 Å². The van der Waals surface area contributed by atoms with Gasteiger partial charge in [0.15, 0.2) is 0 Å². The smallest absolute Gasteiger partial charge is 0.312 e. The van der Waals surface area contributed by atoms with Gasteiger partial charge in [-0.1, -0.05) is 49.4 Å². The number of primary amides is 1. The van der Waals surface area contributed by atoms with Crippen molar-refractivity contribution in [1.29, 1.82) is 0 Å². The lowest BCUT2D eigenvalue weighted by Gasteiger charge is -2.19. The van der Waals surface area contributed by atoms with E-state index in [1.54, 1.807) is 6.07 Å². The summed E-state index contributed by atoms with van der Waals surface area (Å²) in [6, 6.07) is 23.0. The maximum absolute atomic E-state index is 12.6. The monoisotopic (exact) mass is 403 g/mol. The SMILES string of the molecule is CCc1ccc(NC(=O)CC(NC(N)=O)c2cccc(Oc3ccccc3)c2)cc1. The summed E-state index contributed by atoms with van der Waals surface area (Å²) >= 11 is 0. The lowest BCUT2D eigenvalue weighted by molar-refractivity contribution is -0.116. The van der Waals surface area contributed by atoms with Gasteiger partial charge in [0.1, 0.15) is 11.5 Å². The number of para-hydroxylation sites is 1. The van der Waals surface area contributed by atoms with Crippen LogP contribution in [0.2, 0.25) is 0 Å². The number of nitrogens with two attached hydrogens (primary N) is 1. The van der Waals surface area contributed by atoms with Crippen molar-refractivity contribution in [1.82, 2.24) is 5.32 Å². The third kappa shape index (κ3) is 6.10. The van der Waals surface area contributed by atoms with E-state index in [0.717, 1.165) is 12.0 Å². The summed E-state index contributed by atoms with van der Waals surface area (Å²) in [5.74, 6) is 1.07. The number of hydrogen-bond donors (Lipinski definition) is 3. The van der Waals surface area contributed by atoms with Crippen LogP contribution in [0.4, 0.5) is 10.5 Å². The largest absolute Gasteiger partial charge is 0.457 e. The Morgan fingerprint density at radius 2 is 1.63 bits per heavy atom. The molecule has 0 bridgehead atoms. The number of anilines is 1. The van der Waals surface area contributed by atoms with Crippen molar-refractivity contribution in [2.24, 2.45) is 5.73 Å². The molecule has 3 aromatic carbocycles. The Morgan fingerprint density at radius 1 is 0.933 bits per heavy atom. The first-order valence-electron chi connectivity index (χ1n) is 9.81. The first kappa shape index (κ1) is 20.9. The number of ether oxygens (including phenoxy) is 1. The molecule has 6 heteroatoms. The van der Waals surface area contributed by atoms with Crippen molar-refractivity contribution >= 4 is 17.6 Å². The van der Waals surface area contributed by atoms with Crippen LogP contribution in [0.1, 0.15) is 30.5 Å². The van der Waals surface area contributed by atoms with Crippen LogP contribution in [0.25, 0.3) is 0 Å². The number of carbonyl (C=O) groups excluding carboxylic acids is 2. The first-order valence-corrected chi connectivity index (χ1v) is 9.81. The van der Waals surface area contributed by atoms with E-state index in [1.807, 2.05) is 72.8 Å². The minimum Gasteiger partial charge on any atom is -0.457 e. The van der Waals surface area contributed by atoms with Gasteiger partial charge in [0.2, 0.25) is 5.91 Å². The van der Waals surface area contributed by atoms with Crippen molar-refractivity contribution in [3.05, 3.63) is 90.0 Å². The van der Waals surface area contributed by atoms with E-state index < -0.39 is 12.1 Å². The molecule has 3 amide bonds. The zero-order valence-electron chi connectivity index (χ0n) is 16.8. The third-order valence-electron chi connectivity index (χ3n) is 4.59. The summed E-state index contributed by atoms with van der Waals surface area (Å²) in [7, 11) is 0. The molecule has 6 nitrogen and oxygen atoms in total. The van der Waals surface area contributed by atoms with Crippen LogP contribution in [0.5, 0.6) is 11.5 Å². The Balaban J connectivity index is 1.72. The fourth-order valence-electron chi connectivity index (χ4n) is 3.06. The number of carbonyl (C=O) groups is 2. The summed E-state index contributed by atoms with van der Waals surface area (Å²) < 4.78 is 5.85. The van der Waals surface area contributed by atoms with Gasteiger partial charge in [0.05, 0.1) is 12.5 Å². The number of rotatable bonds is 8.